The minimum atomic E-state index is -0.859. The Balaban J connectivity index is 2.01. The van der Waals surface area contributed by atoms with Gasteiger partial charge < -0.3 is 5.32 Å². The Kier molecular flexibility index (Phi) is 3.61. The molecule has 7 heteroatoms. The molecule has 0 radical (unpaired) electrons. The normalized spacial score (nSPS) is 10.7. The van der Waals surface area contributed by atoms with Crippen LogP contribution in [0.1, 0.15) is 15.9 Å². The number of anilines is 1. The molecule has 0 aliphatic carbocycles. The zero-order valence-corrected chi connectivity index (χ0v) is 12.0. The quantitative estimate of drug-likeness (QED) is 0.790. The fourth-order valence-corrected chi connectivity index (χ4v) is 2.12. The molecule has 0 atom stereocenters. The van der Waals surface area contributed by atoms with Crippen LogP contribution in [0.4, 0.5) is 14.5 Å². The molecule has 0 bridgehead atoms. The molecule has 0 fully saturated rings. The molecule has 1 amide bonds. The van der Waals surface area contributed by atoms with E-state index < -0.39 is 23.1 Å². The standard InChI is InChI=1S/C16H11F2N3O2/c1-9-4-5-21-14(6-9)19-8-11(16(21)23)15(22)20-13-7-10(17)2-3-12(13)18/h2-8H,1H3,(H,20,22). The predicted molar refractivity (Wildman–Crippen MR) is 80.5 cm³/mol. The van der Waals surface area contributed by atoms with Gasteiger partial charge in [0, 0.05) is 18.5 Å². The highest BCUT2D eigenvalue weighted by molar-refractivity contribution is 6.04. The van der Waals surface area contributed by atoms with Crippen molar-refractivity contribution in [2.45, 2.75) is 6.92 Å². The molecular formula is C16H11F2N3O2. The first-order valence-corrected chi connectivity index (χ1v) is 6.70. The van der Waals surface area contributed by atoms with Crippen LogP contribution >= 0.6 is 0 Å². The largest absolute Gasteiger partial charge is 0.319 e. The number of pyridine rings is 1. The summed E-state index contributed by atoms with van der Waals surface area (Å²) >= 11 is 0. The van der Waals surface area contributed by atoms with E-state index in [0.717, 1.165) is 30.0 Å². The van der Waals surface area contributed by atoms with Crippen LogP contribution in [0.3, 0.4) is 0 Å². The third kappa shape index (κ3) is 2.80. The number of rotatable bonds is 2. The van der Waals surface area contributed by atoms with E-state index in [4.69, 9.17) is 0 Å². The van der Waals surface area contributed by atoms with Gasteiger partial charge in [0.2, 0.25) is 0 Å². The number of amides is 1. The van der Waals surface area contributed by atoms with Gasteiger partial charge in [0.25, 0.3) is 11.5 Å². The third-order valence-electron chi connectivity index (χ3n) is 3.29. The average Bonchev–Trinajstić information content (AvgIpc) is 2.51. The number of benzene rings is 1. The van der Waals surface area contributed by atoms with Gasteiger partial charge in [-0.1, -0.05) is 0 Å². The maximum Gasteiger partial charge on any atom is 0.270 e. The van der Waals surface area contributed by atoms with Crippen LogP contribution in [0.15, 0.2) is 47.5 Å². The molecule has 2 aromatic heterocycles. The van der Waals surface area contributed by atoms with Gasteiger partial charge in [-0.3, -0.25) is 14.0 Å². The lowest BCUT2D eigenvalue weighted by Crippen LogP contribution is -2.27. The zero-order chi connectivity index (χ0) is 16.6. The molecule has 5 nitrogen and oxygen atoms in total. The number of aromatic nitrogens is 2. The number of nitrogens with zero attached hydrogens (tertiary/aromatic N) is 2. The Bertz CT molecular complexity index is 983. The van der Waals surface area contributed by atoms with E-state index in [1.54, 1.807) is 12.1 Å². The van der Waals surface area contributed by atoms with Crippen LogP contribution in [0.25, 0.3) is 5.65 Å². The lowest BCUT2D eigenvalue weighted by molar-refractivity contribution is 0.102. The van der Waals surface area contributed by atoms with Crippen molar-refractivity contribution in [1.29, 1.82) is 0 Å². The first-order chi connectivity index (χ1) is 11.0. The highest BCUT2D eigenvalue weighted by atomic mass is 19.1. The Hall–Kier alpha value is -3.09. The Morgan fingerprint density at radius 1 is 1.22 bits per heavy atom. The van der Waals surface area contributed by atoms with Gasteiger partial charge in [-0.05, 0) is 36.8 Å². The van der Waals surface area contributed by atoms with Crippen molar-refractivity contribution in [2.24, 2.45) is 0 Å². The molecule has 1 N–H and O–H groups in total. The summed E-state index contributed by atoms with van der Waals surface area (Å²) < 4.78 is 27.9. The first-order valence-electron chi connectivity index (χ1n) is 6.70. The zero-order valence-electron chi connectivity index (χ0n) is 12.0. The second kappa shape index (κ2) is 5.60. The summed E-state index contributed by atoms with van der Waals surface area (Å²) in [7, 11) is 0. The van der Waals surface area contributed by atoms with Crippen molar-refractivity contribution < 1.29 is 13.6 Å². The topological polar surface area (TPSA) is 63.5 Å². The van der Waals surface area contributed by atoms with E-state index in [9.17, 15) is 18.4 Å². The van der Waals surface area contributed by atoms with E-state index in [-0.39, 0.29) is 11.3 Å². The van der Waals surface area contributed by atoms with Crippen LogP contribution in [0, 0.1) is 18.6 Å². The Labute approximate surface area is 129 Å². The van der Waals surface area contributed by atoms with Crippen molar-refractivity contribution in [3.8, 4) is 0 Å². The molecular weight excluding hydrogens is 304 g/mol. The fourth-order valence-electron chi connectivity index (χ4n) is 2.12. The molecule has 0 spiro atoms. The Morgan fingerprint density at radius 3 is 2.78 bits per heavy atom. The van der Waals surface area contributed by atoms with Gasteiger partial charge >= 0.3 is 0 Å². The van der Waals surface area contributed by atoms with Crippen LogP contribution in [-0.4, -0.2) is 15.3 Å². The minimum Gasteiger partial charge on any atom is -0.319 e. The molecule has 0 saturated heterocycles. The molecule has 0 unspecified atom stereocenters. The van der Waals surface area contributed by atoms with Crippen LogP contribution in [0.2, 0.25) is 0 Å². The maximum absolute atomic E-state index is 13.6. The summed E-state index contributed by atoms with van der Waals surface area (Å²) in [5.74, 6) is -2.36. The molecule has 23 heavy (non-hydrogen) atoms. The minimum absolute atomic E-state index is 0.269. The molecule has 0 aliphatic heterocycles. The average molecular weight is 315 g/mol. The van der Waals surface area contributed by atoms with Crippen molar-refractivity contribution in [3.05, 3.63) is 75.8 Å². The van der Waals surface area contributed by atoms with Gasteiger partial charge in [0.1, 0.15) is 22.8 Å². The summed E-state index contributed by atoms with van der Waals surface area (Å²) in [4.78, 5) is 28.5. The van der Waals surface area contributed by atoms with Crippen molar-refractivity contribution >= 4 is 17.2 Å². The summed E-state index contributed by atoms with van der Waals surface area (Å²) in [5, 5.41) is 2.18. The number of halogens is 2. The Morgan fingerprint density at radius 2 is 2.00 bits per heavy atom. The van der Waals surface area contributed by atoms with Gasteiger partial charge in [-0.15, -0.1) is 0 Å². The molecule has 0 saturated carbocycles. The molecule has 3 aromatic rings. The maximum atomic E-state index is 13.6. The molecule has 116 valence electrons. The molecule has 2 heterocycles. The highest BCUT2D eigenvalue weighted by Gasteiger charge is 2.15. The number of carbonyl (C=O) groups excluding carboxylic acids is 1. The van der Waals surface area contributed by atoms with Crippen LogP contribution < -0.4 is 10.9 Å². The van der Waals surface area contributed by atoms with E-state index in [2.05, 4.69) is 10.3 Å². The lowest BCUT2D eigenvalue weighted by atomic mass is 10.2. The van der Waals surface area contributed by atoms with Crippen LogP contribution in [-0.2, 0) is 0 Å². The smallest absolute Gasteiger partial charge is 0.270 e. The van der Waals surface area contributed by atoms with Crippen molar-refractivity contribution in [2.75, 3.05) is 5.32 Å². The molecule has 3 rings (SSSR count). The highest BCUT2D eigenvalue weighted by Crippen LogP contribution is 2.16. The van der Waals surface area contributed by atoms with E-state index in [0.29, 0.717) is 5.65 Å². The number of hydrogen-bond acceptors (Lipinski definition) is 3. The van der Waals surface area contributed by atoms with E-state index >= 15 is 0 Å². The van der Waals surface area contributed by atoms with Gasteiger partial charge in [0.15, 0.2) is 0 Å². The van der Waals surface area contributed by atoms with Gasteiger partial charge in [0.05, 0.1) is 5.69 Å². The molecule has 1 aromatic carbocycles. The van der Waals surface area contributed by atoms with Crippen LogP contribution in [0.5, 0.6) is 0 Å². The number of nitrogens with one attached hydrogen (secondary N) is 1. The number of fused-ring (bicyclic) bond motifs is 1. The monoisotopic (exact) mass is 315 g/mol. The van der Waals surface area contributed by atoms with E-state index in [1.807, 2.05) is 6.92 Å². The molecule has 0 aliphatic rings. The number of carbonyl (C=O) groups is 1. The van der Waals surface area contributed by atoms with Crippen molar-refractivity contribution in [3.63, 3.8) is 0 Å². The van der Waals surface area contributed by atoms with Gasteiger partial charge in [-0.25, -0.2) is 13.8 Å². The first kappa shape index (κ1) is 14.8. The van der Waals surface area contributed by atoms with Gasteiger partial charge in [-0.2, -0.15) is 0 Å². The summed E-state index contributed by atoms with van der Waals surface area (Å²) in [6, 6.07) is 6.04. The SMILES string of the molecule is Cc1ccn2c(=O)c(C(=O)Nc3cc(F)ccc3F)cnc2c1. The number of aryl methyl sites for hydroxylation is 1. The van der Waals surface area contributed by atoms with E-state index in [1.165, 1.54) is 10.6 Å². The summed E-state index contributed by atoms with van der Waals surface area (Å²) in [6.07, 6.45) is 2.61. The predicted octanol–water partition coefficient (Wildman–Crippen LogP) is 2.53. The second-order valence-electron chi connectivity index (χ2n) is 4.99. The summed E-state index contributed by atoms with van der Waals surface area (Å²) in [5.41, 5.74) is 0.0992. The summed E-state index contributed by atoms with van der Waals surface area (Å²) in [6.45, 7) is 1.85. The lowest BCUT2D eigenvalue weighted by Gasteiger charge is -2.07. The fraction of sp³-hybridized carbons (Fsp3) is 0.0625. The third-order valence-corrected chi connectivity index (χ3v) is 3.29. The second-order valence-corrected chi connectivity index (χ2v) is 4.99. The number of hydrogen-bond donors (Lipinski definition) is 1. The van der Waals surface area contributed by atoms with Crippen molar-refractivity contribution in [1.82, 2.24) is 9.38 Å².